The van der Waals surface area contributed by atoms with Crippen LogP contribution >= 0.6 is 11.3 Å². The van der Waals surface area contributed by atoms with Crippen LogP contribution in [0.25, 0.3) is 26.7 Å². The van der Waals surface area contributed by atoms with Gasteiger partial charge in [0.2, 0.25) is 0 Å². The molecule has 4 aromatic rings. The van der Waals surface area contributed by atoms with Gasteiger partial charge in [-0.2, -0.15) is 0 Å². The molecule has 4 heteroatoms. The van der Waals surface area contributed by atoms with Gasteiger partial charge < -0.3 is 5.11 Å². The highest BCUT2D eigenvalue weighted by Crippen LogP contribution is 2.33. The number of hydrogen-bond acceptors (Lipinski definition) is 3. The molecule has 4 rings (SSSR count). The van der Waals surface area contributed by atoms with Crippen molar-refractivity contribution in [1.82, 2.24) is 9.38 Å². The van der Waals surface area contributed by atoms with Crippen LogP contribution in [0, 0.1) is 13.8 Å². The van der Waals surface area contributed by atoms with Crippen molar-refractivity contribution in [2.75, 3.05) is 0 Å². The van der Waals surface area contributed by atoms with E-state index in [-0.39, 0.29) is 6.61 Å². The second-order valence-corrected chi connectivity index (χ2v) is 6.99. The van der Waals surface area contributed by atoms with Crippen LogP contribution in [0.3, 0.4) is 0 Å². The predicted molar refractivity (Wildman–Crippen MR) is 99.3 cm³/mol. The van der Waals surface area contributed by atoms with E-state index in [0.717, 1.165) is 26.8 Å². The van der Waals surface area contributed by atoms with Crippen molar-refractivity contribution in [2.45, 2.75) is 20.5 Å². The molecule has 0 unspecified atom stereocenters. The topological polar surface area (TPSA) is 37.5 Å². The zero-order valence-corrected chi connectivity index (χ0v) is 14.5. The summed E-state index contributed by atoms with van der Waals surface area (Å²) in [5.74, 6) is 0. The van der Waals surface area contributed by atoms with E-state index in [4.69, 9.17) is 4.98 Å². The van der Waals surface area contributed by atoms with Gasteiger partial charge in [-0.3, -0.25) is 4.40 Å². The number of fused-ring (bicyclic) bond motifs is 1. The van der Waals surface area contributed by atoms with Gasteiger partial charge in [-0.05, 0) is 36.6 Å². The Hall–Kier alpha value is -2.43. The molecule has 0 fully saturated rings. The summed E-state index contributed by atoms with van der Waals surface area (Å²) in [5.41, 5.74) is 6.43. The first kappa shape index (κ1) is 15.1. The Balaban J connectivity index is 1.86. The van der Waals surface area contributed by atoms with Crippen LogP contribution in [0.1, 0.15) is 16.8 Å². The largest absolute Gasteiger partial charge is 0.390 e. The number of aromatic nitrogens is 2. The van der Waals surface area contributed by atoms with Crippen LogP contribution in [-0.2, 0) is 6.61 Å². The average Bonchev–Trinajstić information content (AvgIpc) is 3.15. The van der Waals surface area contributed by atoms with E-state index in [1.54, 1.807) is 11.3 Å². The molecule has 120 valence electrons. The van der Waals surface area contributed by atoms with Gasteiger partial charge in [-0.25, -0.2) is 4.98 Å². The van der Waals surface area contributed by atoms with Gasteiger partial charge in [0.15, 0.2) is 4.96 Å². The first-order valence-electron chi connectivity index (χ1n) is 7.92. The Morgan fingerprint density at radius 1 is 1.00 bits per heavy atom. The Bertz CT molecular complexity index is 1010. The summed E-state index contributed by atoms with van der Waals surface area (Å²) in [6.45, 7) is 4.17. The molecule has 0 amide bonds. The zero-order chi connectivity index (χ0) is 16.7. The van der Waals surface area contributed by atoms with Crippen LogP contribution < -0.4 is 0 Å². The highest BCUT2D eigenvalue weighted by Gasteiger charge is 2.16. The number of benzene rings is 2. The lowest BCUT2D eigenvalue weighted by Crippen LogP contribution is -1.93. The van der Waals surface area contributed by atoms with Crippen LogP contribution in [0.2, 0.25) is 0 Å². The fourth-order valence-electron chi connectivity index (χ4n) is 2.90. The molecule has 0 spiro atoms. The molecule has 0 aliphatic heterocycles. The summed E-state index contributed by atoms with van der Waals surface area (Å²) >= 11 is 1.64. The van der Waals surface area contributed by atoms with E-state index in [1.807, 2.05) is 22.6 Å². The normalized spacial score (nSPS) is 11.3. The molecule has 3 nitrogen and oxygen atoms in total. The van der Waals surface area contributed by atoms with Crippen LogP contribution in [0.4, 0.5) is 0 Å². The van der Waals surface area contributed by atoms with Crippen molar-refractivity contribution in [3.05, 3.63) is 71.5 Å². The SMILES string of the molecule is Cc1ccc(-c2nc3sc(-c4ccccc4)cn3c2CO)cc1C. The first-order chi connectivity index (χ1) is 11.7. The minimum atomic E-state index is -0.0333. The third-order valence-corrected chi connectivity index (χ3v) is 5.45. The summed E-state index contributed by atoms with van der Waals surface area (Å²) in [6, 6.07) is 16.6. The van der Waals surface area contributed by atoms with Gasteiger partial charge in [0, 0.05) is 11.8 Å². The first-order valence-corrected chi connectivity index (χ1v) is 8.73. The maximum absolute atomic E-state index is 9.91. The predicted octanol–water partition coefficient (Wildman–Crippen LogP) is 4.84. The molecule has 2 aromatic heterocycles. The molecule has 0 bridgehead atoms. The Morgan fingerprint density at radius 3 is 2.50 bits per heavy atom. The molecule has 24 heavy (non-hydrogen) atoms. The number of aliphatic hydroxyl groups is 1. The molecule has 0 radical (unpaired) electrons. The van der Waals surface area contributed by atoms with Crippen molar-refractivity contribution in [3.8, 4) is 21.7 Å². The van der Waals surface area contributed by atoms with Crippen molar-refractivity contribution in [3.63, 3.8) is 0 Å². The van der Waals surface area contributed by atoms with Crippen LogP contribution in [0.5, 0.6) is 0 Å². The maximum atomic E-state index is 9.91. The van der Waals surface area contributed by atoms with Crippen molar-refractivity contribution in [2.24, 2.45) is 0 Å². The lowest BCUT2D eigenvalue weighted by molar-refractivity contribution is 0.276. The maximum Gasteiger partial charge on any atom is 0.195 e. The highest BCUT2D eigenvalue weighted by molar-refractivity contribution is 7.20. The average molecular weight is 334 g/mol. The summed E-state index contributed by atoms with van der Waals surface area (Å²) < 4.78 is 2.01. The lowest BCUT2D eigenvalue weighted by atomic mass is 10.0. The quantitative estimate of drug-likeness (QED) is 0.582. The van der Waals surface area contributed by atoms with Gasteiger partial charge in [-0.1, -0.05) is 53.8 Å². The van der Waals surface area contributed by atoms with E-state index in [2.05, 4.69) is 50.4 Å². The number of imidazole rings is 1. The molecule has 2 aromatic carbocycles. The molecule has 0 saturated heterocycles. The molecule has 0 atom stereocenters. The Morgan fingerprint density at radius 2 is 1.79 bits per heavy atom. The monoisotopic (exact) mass is 334 g/mol. The minimum absolute atomic E-state index is 0.0333. The van der Waals surface area contributed by atoms with E-state index in [9.17, 15) is 5.11 Å². The summed E-state index contributed by atoms with van der Waals surface area (Å²) in [4.78, 5) is 6.85. The van der Waals surface area contributed by atoms with Gasteiger partial charge in [0.25, 0.3) is 0 Å². The number of aliphatic hydroxyl groups excluding tert-OH is 1. The number of nitrogens with zero attached hydrogens (tertiary/aromatic N) is 2. The fourth-order valence-corrected chi connectivity index (χ4v) is 3.90. The number of aryl methyl sites for hydroxylation is 2. The van der Waals surface area contributed by atoms with Crippen molar-refractivity contribution in [1.29, 1.82) is 0 Å². The molecule has 0 aliphatic carbocycles. The molecule has 0 saturated carbocycles. The number of hydrogen-bond donors (Lipinski definition) is 1. The van der Waals surface area contributed by atoms with Crippen molar-refractivity contribution < 1.29 is 5.11 Å². The molecule has 0 aliphatic rings. The fraction of sp³-hybridized carbons (Fsp3) is 0.150. The van der Waals surface area contributed by atoms with Crippen molar-refractivity contribution >= 4 is 16.3 Å². The zero-order valence-electron chi connectivity index (χ0n) is 13.7. The third-order valence-electron chi connectivity index (χ3n) is 4.41. The molecular formula is C20H18N2OS. The number of rotatable bonds is 3. The summed E-state index contributed by atoms with van der Waals surface area (Å²) in [6.07, 6.45) is 2.07. The molecular weight excluding hydrogens is 316 g/mol. The molecule has 1 N–H and O–H groups in total. The van der Waals surface area contributed by atoms with Gasteiger partial charge in [-0.15, -0.1) is 0 Å². The van der Waals surface area contributed by atoms with Gasteiger partial charge >= 0.3 is 0 Å². The van der Waals surface area contributed by atoms with Gasteiger partial charge in [0.1, 0.15) is 0 Å². The second-order valence-electron chi connectivity index (χ2n) is 5.98. The highest BCUT2D eigenvalue weighted by atomic mass is 32.1. The summed E-state index contributed by atoms with van der Waals surface area (Å²) in [7, 11) is 0. The number of thiazole rings is 1. The van der Waals surface area contributed by atoms with Crippen LogP contribution in [0.15, 0.2) is 54.7 Å². The van der Waals surface area contributed by atoms with E-state index >= 15 is 0 Å². The second kappa shape index (κ2) is 5.89. The van der Waals surface area contributed by atoms with E-state index in [0.29, 0.717) is 0 Å². The smallest absolute Gasteiger partial charge is 0.195 e. The van der Waals surface area contributed by atoms with E-state index in [1.165, 1.54) is 16.7 Å². The lowest BCUT2D eigenvalue weighted by Gasteiger charge is -2.05. The Kier molecular flexibility index (Phi) is 3.71. The van der Waals surface area contributed by atoms with E-state index < -0.39 is 0 Å². The van der Waals surface area contributed by atoms with Crippen LogP contribution in [-0.4, -0.2) is 14.5 Å². The molecule has 2 heterocycles. The minimum Gasteiger partial charge on any atom is -0.390 e. The Labute approximate surface area is 144 Å². The summed E-state index contributed by atoms with van der Waals surface area (Å²) in [5, 5.41) is 9.91. The third kappa shape index (κ3) is 2.44. The standard InChI is InChI=1S/C20H18N2OS/c1-13-8-9-16(10-14(13)2)19-17(12-23)22-11-18(24-20(22)21-19)15-6-4-3-5-7-15/h3-11,23H,12H2,1-2H3. The van der Waals surface area contributed by atoms with Gasteiger partial charge in [0.05, 0.1) is 22.9 Å².